The third kappa shape index (κ3) is 9.24. The number of alkyl halides is 19. The van der Waals surface area contributed by atoms with Crippen LogP contribution >= 0.6 is 30.5 Å². The van der Waals surface area contributed by atoms with E-state index in [4.69, 9.17) is 21.4 Å². The topological polar surface area (TPSA) is 145 Å². The Morgan fingerprint density at radius 2 is 1.24 bits per heavy atom. The molecule has 0 spiro atoms. The fourth-order valence-corrected chi connectivity index (χ4v) is 6.18. The number of anilines is 1. The number of hydrogen-bond donors (Lipinski definition) is 3. The molecule has 1 aromatic carbocycles. The molecule has 0 aliphatic carbocycles. The highest BCUT2D eigenvalue weighted by Crippen LogP contribution is 2.65. The van der Waals surface area contributed by atoms with Gasteiger partial charge in [-0.2, -0.15) is 83.4 Å². The first-order valence-electron chi connectivity index (χ1n) is 14.7. The van der Waals surface area contributed by atoms with Gasteiger partial charge in [0.15, 0.2) is 5.85 Å². The molecule has 0 aliphatic heterocycles. The zero-order chi connectivity index (χ0) is 45.5. The quantitative estimate of drug-likeness (QED) is 0.0547. The van der Waals surface area contributed by atoms with E-state index in [9.17, 15) is 97.9 Å². The molecule has 58 heavy (non-hydrogen) atoms. The molecule has 0 saturated heterocycles. The second kappa shape index (κ2) is 16.7. The van der Waals surface area contributed by atoms with Gasteiger partial charge in [0, 0.05) is 18.7 Å². The van der Waals surface area contributed by atoms with Gasteiger partial charge in [0.2, 0.25) is 5.13 Å². The highest BCUT2D eigenvalue weighted by atomic mass is 35.5. The fourth-order valence-electron chi connectivity index (χ4n) is 4.11. The van der Waals surface area contributed by atoms with Crippen molar-refractivity contribution in [3.63, 3.8) is 0 Å². The van der Waals surface area contributed by atoms with Crippen LogP contribution in [0.2, 0.25) is 5.15 Å². The summed E-state index contributed by atoms with van der Waals surface area (Å²) < 4.78 is 272. The van der Waals surface area contributed by atoms with Crippen molar-refractivity contribution in [1.82, 2.24) is 4.98 Å². The van der Waals surface area contributed by atoms with E-state index < -0.39 is 102 Å². The molecule has 1 unspecified atom stereocenters. The second-order valence-corrected chi connectivity index (χ2v) is 14.4. The van der Waals surface area contributed by atoms with E-state index in [1.54, 1.807) is 0 Å². The van der Waals surface area contributed by atoms with Crippen molar-refractivity contribution in [2.75, 3.05) is 24.6 Å². The van der Waals surface area contributed by atoms with Crippen LogP contribution in [0, 0.1) is 0 Å². The Hall–Kier alpha value is -3.21. The number of carbonyl (C=O) groups excluding carboxylic acids is 1. The first kappa shape index (κ1) is 50.9. The van der Waals surface area contributed by atoms with Crippen LogP contribution in [0.15, 0.2) is 34.5 Å². The summed E-state index contributed by atoms with van der Waals surface area (Å²) in [7, 11) is -5.01. The Labute approximate surface area is 318 Å². The lowest BCUT2D eigenvalue weighted by Crippen LogP contribution is -2.75. The molecule has 0 aliphatic rings. The zero-order valence-electron chi connectivity index (χ0n) is 27.7. The number of thiazole rings is 1. The second-order valence-electron chi connectivity index (χ2n) is 11.4. The Balaban J connectivity index is 2.12. The predicted octanol–water partition coefficient (Wildman–Crippen LogP) is 10.2. The lowest BCUT2D eigenvalue weighted by molar-refractivity contribution is -0.468. The molecule has 32 heteroatoms. The minimum Gasteiger partial charge on any atom is -0.464 e. The van der Waals surface area contributed by atoms with Crippen LogP contribution in [0.3, 0.4) is 0 Å². The minimum absolute atomic E-state index is 0.0672. The molecule has 0 bridgehead atoms. The van der Waals surface area contributed by atoms with Crippen LogP contribution in [0.25, 0.3) is 0 Å². The standard InChI is InChI=1S/C26H21ClF19N4O6PS/c1-2-50(12-5-3-11(4-6-12)48-49-17-47-15(27)14(58-17)16(52)57(53,54)55)9-10-56-13(51)7-8-18(28,29)19(30,31)20(32,33)21(34,35)22(36,37)23(38,39)24(40,41)25(42,43)26(44,45)46/h3-6,16,52H,2,7-10H2,1H3,(H2,53,54,55). The summed E-state index contributed by atoms with van der Waals surface area (Å²) in [6.07, 6.45) is -13.2. The van der Waals surface area contributed by atoms with Gasteiger partial charge in [0.25, 0.3) is 0 Å². The number of rotatable bonds is 19. The predicted molar refractivity (Wildman–Crippen MR) is 158 cm³/mol. The van der Waals surface area contributed by atoms with Crippen molar-refractivity contribution in [3.05, 3.63) is 34.3 Å². The van der Waals surface area contributed by atoms with E-state index in [-0.39, 0.29) is 23.9 Å². The summed E-state index contributed by atoms with van der Waals surface area (Å²) in [5.74, 6) is -72.0. The van der Waals surface area contributed by atoms with Gasteiger partial charge in [-0.3, -0.25) is 9.36 Å². The van der Waals surface area contributed by atoms with Gasteiger partial charge in [-0.05, 0) is 31.2 Å². The molecule has 10 nitrogen and oxygen atoms in total. The number of aromatic nitrogens is 1. The molecule has 332 valence electrons. The lowest BCUT2D eigenvalue weighted by atomic mass is 9.86. The number of carbonyl (C=O) groups is 1. The average Bonchev–Trinajstić information content (AvgIpc) is 3.46. The van der Waals surface area contributed by atoms with Crippen LogP contribution in [0.1, 0.15) is 30.5 Å². The van der Waals surface area contributed by atoms with Crippen molar-refractivity contribution in [1.29, 1.82) is 0 Å². The van der Waals surface area contributed by atoms with Gasteiger partial charge in [0.05, 0.1) is 23.5 Å². The van der Waals surface area contributed by atoms with E-state index in [1.165, 1.54) is 36.1 Å². The van der Waals surface area contributed by atoms with E-state index in [0.29, 0.717) is 17.0 Å². The van der Waals surface area contributed by atoms with Gasteiger partial charge < -0.3 is 24.5 Å². The largest absolute Gasteiger partial charge is 0.464 e. The highest BCUT2D eigenvalue weighted by Gasteiger charge is 2.96. The lowest BCUT2D eigenvalue weighted by Gasteiger charge is -2.43. The zero-order valence-corrected chi connectivity index (χ0v) is 30.2. The number of halogens is 20. The number of likely N-dealkylation sites (N-methyl/N-ethyl adjacent to an activating group) is 1. The number of aliphatic hydroxyl groups excluding tert-OH is 1. The maximum atomic E-state index is 14.2. The number of ether oxygens (including phenoxy) is 1. The maximum Gasteiger partial charge on any atom is 0.460 e. The number of nitrogens with zero attached hydrogens (tertiary/aromatic N) is 4. The molecule has 2 aromatic rings. The van der Waals surface area contributed by atoms with Gasteiger partial charge in [-0.15, -0.1) is 10.2 Å². The third-order valence-corrected chi connectivity index (χ3v) is 9.91. The van der Waals surface area contributed by atoms with Gasteiger partial charge in [0.1, 0.15) is 11.8 Å². The van der Waals surface area contributed by atoms with Crippen LogP contribution in [0.5, 0.6) is 0 Å². The molecule has 0 radical (unpaired) electrons. The summed E-state index contributed by atoms with van der Waals surface area (Å²) in [5.41, 5.74) is 0.396. The number of azo groups is 1. The van der Waals surface area contributed by atoms with Gasteiger partial charge >= 0.3 is 67.1 Å². The molecule has 0 fully saturated rings. The number of benzene rings is 1. The Kier molecular flexibility index (Phi) is 14.7. The summed E-state index contributed by atoms with van der Waals surface area (Å²) in [6.45, 7) is 0.351. The van der Waals surface area contributed by atoms with E-state index in [0.717, 1.165) is 0 Å². The van der Waals surface area contributed by atoms with E-state index in [2.05, 4.69) is 19.9 Å². The SMILES string of the molecule is CCN(CCOC(=O)CCC(F)(F)C(F)(F)C(F)(F)C(F)(F)C(F)(F)C(F)(F)C(F)(F)C(F)(F)C(F)(F)F)c1ccc(N=Nc2nc(Cl)c(C(O)P(=O)(O)O)s2)cc1. The number of hydrogen-bond acceptors (Lipinski definition) is 9. The summed E-state index contributed by atoms with van der Waals surface area (Å²) in [4.78, 5) is 34.7. The Morgan fingerprint density at radius 3 is 1.67 bits per heavy atom. The third-order valence-electron chi connectivity index (χ3n) is 7.45. The first-order chi connectivity index (χ1) is 25.8. The smallest absolute Gasteiger partial charge is 0.460 e. The van der Waals surface area contributed by atoms with E-state index in [1.807, 2.05) is 0 Å². The number of esters is 1. The van der Waals surface area contributed by atoms with Crippen molar-refractivity contribution < 1.29 is 112 Å². The molecular formula is C26H21ClF19N4O6PS. The summed E-state index contributed by atoms with van der Waals surface area (Å²) in [5, 5.41) is 16.4. The van der Waals surface area contributed by atoms with Crippen LogP contribution in [-0.2, 0) is 14.1 Å². The Morgan fingerprint density at radius 1 is 0.793 bits per heavy atom. The first-order valence-corrected chi connectivity index (χ1v) is 17.6. The summed E-state index contributed by atoms with van der Waals surface area (Å²) >= 11 is 6.23. The molecule has 1 atom stereocenters. The van der Waals surface area contributed by atoms with Gasteiger partial charge in [-0.25, -0.2) is 4.98 Å². The monoisotopic (exact) mass is 944 g/mol. The molecule has 3 N–H and O–H groups in total. The Bertz CT molecular complexity index is 1840. The molecule has 1 aromatic heterocycles. The van der Waals surface area contributed by atoms with Crippen LogP contribution in [0.4, 0.5) is 99.9 Å². The maximum absolute atomic E-state index is 14.2. The number of aliphatic hydroxyl groups is 1. The van der Waals surface area contributed by atoms with Crippen LogP contribution < -0.4 is 4.90 Å². The fraction of sp³-hybridized carbons (Fsp3) is 0.615. The van der Waals surface area contributed by atoms with Crippen molar-refractivity contribution >= 4 is 53.0 Å². The van der Waals surface area contributed by atoms with Crippen molar-refractivity contribution in [3.8, 4) is 0 Å². The summed E-state index contributed by atoms with van der Waals surface area (Å²) in [6, 6.07) is 5.29. The molecule has 0 amide bonds. The minimum atomic E-state index is -9.04. The highest BCUT2D eigenvalue weighted by molar-refractivity contribution is 7.52. The molecule has 2 rings (SSSR count). The normalized spacial score (nSPS) is 15.2. The molecule has 1 heterocycles. The van der Waals surface area contributed by atoms with Gasteiger partial charge in [-0.1, -0.05) is 22.9 Å². The van der Waals surface area contributed by atoms with E-state index >= 15 is 0 Å². The van der Waals surface area contributed by atoms with Crippen LogP contribution in [-0.4, -0.2) is 99.1 Å². The van der Waals surface area contributed by atoms with Crippen molar-refractivity contribution in [2.24, 2.45) is 10.2 Å². The molecular weight excluding hydrogens is 924 g/mol. The molecule has 0 saturated carbocycles. The van der Waals surface area contributed by atoms with Crippen molar-refractivity contribution in [2.45, 2.75) is 79.2 Å². The average molecular weight is 945 g/mol.